The zero-order chi connectivity index (χ0) is 13.2. The lowest BCUT2D eigenvalue weighted by atomic mass is 10.1. The van der Waals surface area contributed by atoms with Crippen LogP contribution in [-0.2, 0) is 26.4 Å². The van der Waals surface area contributed by atoms with Gasteiger partial charge in [-0.2, -0.15) is 0 Å². The topological polar surface area (TPSA) is 62.3 Å². The summed E-state index contributed by atoms with van der Waals surface area (Å²) in [5.41, 5.74) is 9.13. The van der Waals surface area contributed by atoms with E-state index in [1.807, 2.05) is 30.1 Å². The largest absolute Gasteiger partial charge is 0.454 e. The van der Waals surface area contributed by atoms with Gasteiger partial charge in [0.05, 0.1) is 17.7 Å². The molecule has 2 heterocycles. The lowest BCUT2D eigenvalue weighted by Gasteiger charge is -2.04. The van der Waals surface area contributed by atoms with Crippen molar-refractivity contribution < 1.29 is 9.47 Å². The van der Waals surface area contributed by atoms with E-state index in [-0.39, 0.29) is 0 Å². The van der Waals surface area contributed by atoms with Crippen molar-refractivity contribution in [3.8, 4) is 11.5 Å². The molecule has 5 heteroatoms. The molecule has 0 radical (unpaired) electrons. The average molecular weight is 259 g/mol. The molecule has 3 rings (SSSR count). The number of hydrogen-bond donors (Lipinski definition) is 1. The van der Waals surface area contributed by atoms with Crippen molar-refractivity contribution in [2.75, 3.05) is 6.79 Å². The molecular weight excluding hydrogens is 242 g/mol. The molecular formula is C14H17N3O2. The van der Waals surface area contributed by atoms with E-state index >= 15 is 0 Å². The van der Waals surface area contributed by atoms with Crippen LogP contribution in [0.1, 0.15) is 17.0 Å². The van der Waals surface area contributed by atoms with Crippen molar-refractivity contribution in [2.45, 2.75) is 19.4 Å². The van der Waals surface area contributed by atoms with Crippen LogP contribution in [0.25, 0.3) is 0 Å². The van der Waals surface area contributed by atoms with Crippen LogP contribution < -0.4 is 15.2 Å². The van der Waals surface area contributed by atoms with Gasteiger partial charge < -0.3 is 19.8 Å². The second-order valence-electron chi connectivity index (χ2n) is 4.64. The van der Waals surface area contributed by atoms with Gasteiger partial charge in [0.1, 0.15) is 0 Å². The van der Waals surface area contributed by atoms with E-state index in [1.54, 1.807) is 0 Å². The highest BCUT2D eigenvalue weighted by Gasteiger charge is 2.13. The quantitative estimate of drug-likeness (QED) is 0.901. The number of nitrogens with zero attached hydrogens (tertiary/aromatic N) is 2. The summed E-state index contributed by atoms with van der Waals surface area (Å²) in [5.74, 6) is 1.65. The van der Waals surface area contributed by atoms with Crippen molar-refractivity contribution in [1.82, 2.24) is 9.55 Å². The molecule has 0 unspecified atom stereocenters. The minimum Gasteiger partial charge on any atom is -0.454 e. The summed E-state index contributed by atoms with van der Waals surface area (Å²) in [6.07, 6.45) is 3.62. The first-order valence-corrected chi connectivity index (χ1v) is 6.35. The van der Waals surface area contributed by atoms with Crippen molar-refractivity contribution >= 4 is 0 Å². The van der Waals surface area contributed by atoms with E-state index in [0.29, 0.717) is 13.3 Å². The zero-order valence-electron chi connectivity index (χ0n) is 10.9. The van der Waals surface area contributed by atoms with Crippen LogP contribution in [0, 0.1) is 0 Å². The highest BCUT2D eigenvalue weighted by molar-refractivity contribution is 5.44. The van der Waals surface area contributed by atoms with E-state index in [9.17, 15) is 0 Å². The standard InChI is InChI=1S/C14H17N3O2/c1-17-8-16-11(12(17)7-15)4-2-10-3-5-13-14(6-10)19-9-18-13/h3,5-6,8H,2,4,7,9,15H2,1H3. The fourth-order valence-corrected chi connectivity index (χ4v) is 2.33. The second-order valence-corrected chi connectivity index (χ2v) is 4.64. The summed E-state index contributed by atoms with van der Waals surface area (Å²) < 4.78 is 12.7. The normalized spacial score (nSPS) is 12.9. The summed E-state index contributed by atoms with van der Waals surface area (Å²) >= 11 is 0. The third-order valence-electron chi connectivity index (χ3n) is 3.43. The summed E-state index contributed by atoms with van der Waals surface area (Å²) in [7, 11) is 1.97. The molecule has 1 aliphatic heterocycles. The monoisotopic (exact) mass is 259 g/mol. The Labute approximate surface area is 112 Å². The highest BCUT2D eigenvalue weighted by Crippen LogP contribution is 2.32. The maximum Gasteiger partial charge on any atom is 0.231 e. The van der Waals surface area contributed by atoms with Crippen LogP contribution in [0.2, 0.25) is 0 Å². The van der Waals surface area contributed by atoms with Gasteiger partial charge in [0.2, 0.25) is 6.79 Å². The first kappa shape index (κ1) is 12.0. The highest BCUT2D eigenvalue weighted by atomic mass is 16.7. The van der Waals surface area contributed by atoms with Gasteiger partial charge in [-0.1, -0.05) is 6.07 Å². The van der Waals surface area contributed by atoms with Crippen LogP contribution in [0.5, 0.6) is 11.5 Å². The lowest BCUT2D eigenvalue weighted by Crippen LogP contribution is -2.06. The van der Waals surface area contributed by atoms with Gasteiger partial charge in [0.25, 0.3) is 0 Å². The van der Waals surface area contributed by atoms with Crippen molar-refractivity contribution in [1.29, 1.82) is 0 Å². The summed E-state index contributed by atoms with van der Waals surface area (Å²) in [5, 5.41) is 0. The van der Waals surface area contributed by atoms with Gasteiger partial charge in [-0.05, 0) is 30.5 Å². The molecule has 1 aromatic heterocycles. The molecule has 100 valence electrons. The molecule has 0 saturated carbocycles. The number of rotatable bonds is 4. The van der Waals surface area contributed by atoms with Gasteiger partial charge in [-0.15, -0.1) is 0 Å². The third-order valence-corrected chi connectivity index (χ3v) is 3.43. The zero-order valence-corrected chi connectivity index (χ0v) is 10.9. The number of hydrogen-bond acceptors (Lipinski definition) is 4. The van der Waals surface area contributed by atoms with Gasteiger partial charge >= 0.3 is 0 Å². The van der Waals surface area contributed by atoms with E-state index < -0.39 is 0 Å². The minimum absolute atomic E-state index is 0.316. The Hall–Kier alpha value is -2.01. The number of aromatic nitrogens is 2. The molecule has 0 amide bonds. The molecule has 5 nitrogen and oxygen atoms in total. The van der Waals surface area contributed by atoms with Gasteiger partial charge in [0, 0.05) is 13.6 Å². The fraction of sp³-hybridized carbons (Fsp3) is 0.357. The maximum absolute atomic E-state index is 5.74. The summed E-state index contributed by atoms with van der Waals surface area (Å²) in [4.78, 5) is 4.40. The van der Waals surface area contributed by atoms with E-state index in [1.165, 1.54) is 5.56 Å². The lowest BCUT2D eigenvalue weighted by molar-refractivity contribution is 0.174. The minimum atomic E-state index is 0.316. The van der Waals surface area contributed by atoms with E-state index in [2.05, 4.69) is 11.1 Å². The number of fused-ring (bicyclic) bond motifs is 1. The third kappa shape index (κ3) is 2.29. The van der Waals surface area contributed by atoms with Crippen LogP contribution in [0.4, 0.5) is 0 Å². The number of imidazole rings is 1. The SMILES string of the molecule is Cn1cnc(CCc2ccc3c(c2)OCO3)c1CN. The Morgan fingerprint density at radius 3 is 2.95 bits per heavy atom. The summed E-state index contributed by atoms with van der Waals surface area (Å²) in [6.45, 7) is 0.837. The predicted octanol–water partition coefficient (Wildman–Crippen LogP) is 1.39. The molecule has 2 aromatic rings. The molecule has 0 saturated heterocycles. The van der Waals surface area contributed by atoms with Crippen LogP contribution in [-0.4, -0.2) is 16.3 Å². The van der Waals surface area contributed by atoms with Gasteiger partial charge in [-0.3, -0.25) is 0 Å². The van der Waals surface area contributed by atoms with Crippen molar-refractivity contribution in [3.63, 3.8) is 0 Å². The van der Waals surface area contributed by atoms with Crippen molar-refractivity contribution in [3.05, 3.63) is 41.5 Å². The number of ether oxygens (including phenoxy) is 2. The maximum atomic E-state index is 5.74. The molecule has 19 heavy (non-hydrogen) atoms. The number of nitrogens with two attached hydrogens (primary N) is 1. The molecule has 0 atom stereocenters. The Morgan fingerprint density at radius 1 is 1.26 bits per heavy atom. The molecule has 0 aliphatic carbocycles. The Balaban J connectivity index is 1.72. The van der Waals surface area contributed by atoms with E-state index in [4.69, 9.17) is 15.2 Å². The first-order valence-electron chi connectivity index (χ1n) is 6.35. The molecule has 0 bridgehead atoms. The Bertz CT molecular complexity index is 592. The Morgan fingerprint density at radius 2 is 2.11 bits per heavy atom. The number of aryl methyl sites for hydroxylation is 3. The average Bonchev–Trinajstić information content (AvgIpc) is 3.01. The van der Waals surface area contributed by atoms with Crippen molar-refractivity contribution in [2.24, 2.45) is 12.8 Å². The molecule has 0 fully saturated rings. The molecule has 1 aromatic carbocycles. The van der Waals surface area contributed by atoms with E-state index in [0.717, 1.165) is 35.7 Å². The van der Waals surface area contributed by atoms with Crippen LogP contribution in [0.3, 0.4) is 0 Å². The molecule has 1 aliphatic rings. The smallest absolute Gasteiger partial charge is 0.231 e. The first-order chi connectivity index (χ1) is 9.28. The Kier molecular flexibility index (Phi) is 3.13. The molecule has 0 spiro atoms. The predicted molar refractivity (Wildman–Crippen MR) is 71.1 cm³/mol. The fourth-order valence-electron chi connectivity index (χ4n) is 2.33. The second kappa shape index (κ2) is 4.93. The van der Waals surface area contributed by atoms with Gasteiger partial charge in [0.15, 0.2) is 11.5 Å². The summed E-state index contributed by atoms with van der Waals surface area (Å²) in [6, 6.07) is 6.06. The van der Waals surface area contributed by atoms with Gasteiger partial charge in [-0.25, -0.2) is 4.98 Å². The van der Waals surface area contributed by atoms with Crippen LogP contribution >= 0.6 is 0 Å². The number of benzene rings is 1. The molecule has 2 N–H and O–H groups in total. The van der Waals surface area contributed by atoms with Crippen LogP contribution in [0.15, 0.2) is 24.5 Å².